The predicted octanol–water partition coefficient (Wildman–Crippen LogP) is 1.93. The van der Waals surface area contributed by atoms with Crippen molar-refractivity contribution in [3.05, 3.63) is 52.5 Å². The van der Waals surface area contributed by atoms with Crippen LogP contribution in [0.25, 0.3) is 0 Å². The first kappa shape index (κ1) is 19.0. The molecule has 3 rings (SSSR count). The summed E-state index contributed by atoms with van der Waals surface area (Å²) in [5.74, 6) is -0.806. The zero-order valence-electron chi connectivity index (χ0n) is 15.0. The van der Waals surface area contributed by atoms with E-state index >= 15 is 0 Å². The Labute approximate surface area is 156 Å². The van der Waals surface area contributed by atoms with Gasteiger partial charge in [0.25, 0.3) is 5.91 Å². The number of nitrogens with one attached hydrogen (secondary N) is 1. The first-order valence-corrected chi connectivity index (χ1v) is 10.2. The molecule has 0 bridgehead atoms. The van der Waals surface area contributed by atoms with E-state index in [1.165, 1.54) is 16.6 Å². The number of hydrogen-bond donors (Lipinski definition) is 2. The SMILES string of the molecule is Cc1oc(CNC(=O)c2ccc3c(c2)CCCN3S(C)(=O)=O)cc1C(=O)O. The van der Waals surface area contributed by atoms with Crippen molar-refractivity contribution in [2.75, 3.05) is 17.1 Å². The lowest BCUT2D eigenvalue weighted by Gasteiger charge is -2.29. The van der Waals surface area contributed by atoms with Gasteiger partial charge in [-0.3, -0.25) is 9.10 Å². The second-order valence-electron chi connectivity index (χ2n) is 6.45. The van der Waals surface area contributed by atoms with Gasteiger partial charge in [-0.1, -0.05) is 0 Å². The summed E-state index contributed by atoms with van der Waals surface area (Å²) in [5, 5.41) is 11.7. The zero-order chi connectivity index (χ0) is 19.8. The number of hydrogen-bond acceptors (Lipinski definition) is 5. The van der Waals surface area contributed by atoms with Gasteiger partial charge >= 0.3 is 5.97 Å². The van der Waals surface area contributed by atoms with E-state index in [4.69, 9.17) is 9.52 Å². The number of anilines is 1. The molecule has 1 aromatic carbocycles. The Bertz CT molecular complexity index is 1010. The molecule has 1 amide bonds. The van der Waals surface area contributed by atoms with Crippen molar-refractivity contribution in [3.63, 3.8) is 0 Å². The highest BCUT2D eigenvalue weighted by Crippen LogP contribution is 2.29. The number of sulfonamides is 1. The molecule has 0 spiro atoms. The molecule has 8 nitrogen and oxygen atoms in total. The van der Waals surface area contributed by atoms with Gasteiger partial charge in [0.05, 0.1) is 18.5 Å². The number of aryl methyl sites for hydroxylation is 2. The largest absolute Gasteiger partial charge is 0.478 e. The van der Waals surface area contributed by atoms with Crippen LogP contribution in [0, 0.1) is 6.92 Å². The van der Waals surface area contributed by atoms with Crippen molar-refractivity contribution >= 4 is 27.6 Å². The average molecular weight is 392 g/mol. The molecular weight excluding hydrogens is 372 g/mol. The normalized spacial score (nSPS) is 13.9. The summed E-state index contributed by atoms with van der Waals surface area (Å²) in [7, 11) is -3.36. The maximum absolute atomic E-state index is 12.4. The Morgan fingerprint density at radius 1 is 1.30 bits per heavy atom. The monoisotopic (exact) mass is 392 g/mol. The lowest BCUT2D eigenvalue weighted by atomic mass is 10.0. The lowest BCUT2D eigenvalue weighted by molar-refractivity contribution is 0.0694. The minimum absolute atomic E-state index is 0.0551. The molecule has 1 aromatic heterocycles. The first-order chi connectivity index (χ1) is 12.7. The molecule has 0 atom stereocenters. The van der Waals surface area contributed by atoms with E-state index in [9.17, 15) is 18.0 Å². The van der Waals surface area contributed by atoms with Crippen molar-refractivity contribution in [1.29, 1.82) is 0 Å². The van der Waals surface area contributed by atoms with Crippen LogP contribution in [0.4, 0.5) is 5.69 Å². The summed E-state index contributed by atoms with van der Waals surface area (Å²) in [6.07, 6.45) is 2.55. The molecule has 2 N–H and O–H groups in total. The van der Waals surface area contributed by atoms with Gasteiger partial charge in [0.2, 0.25) is 10.0 Å². The van der Waals surface area contributed by atoms with E-state index in [0.29, 0.717) is 36.4 Å². The Balaban J connectivity index is 1.74. The predicted molar refractivity (Wildman–Crippen MR) is 98.5 cm³/mol. The van der Waals surface area contributed by atoms with E-state index < -0.39 is 16.0 Å². The molecule has 0 unspecified atom stereocenters. The summed E-state index contributed by atoms with van der Waals surface area (Å²) in [6.45, 7) is 2.03. The molecule has 2 heterocycles. The van der Waals surface area contributed by atoms with Crippen molar-refractivity contribution < 1.29 is 27.5 Å². The van der Waals surface area contributed by atoms with Crippen molar-refractivity contribution in [2.24, 2.45) is 0 Å². The Morgan fingerprint density at radius 2 is 2.04 bits per heavy atom. The van der Waals surface area contributed by atoms with Gasteiger partial charge in [-0.25, -0.2) is 13.2 Å². The van der Waals surface area contributed by atoms with Crippen molar-refractivity contribution in [2.45, 2.75) is 26.3 Å². The Morgan fingerprint density at radius 3 is 2.67 bits per heavy atom. The molecule has 0 fully saturated rings. The van der Waals surface area contributed by atoms with Crippen LogP contribution < -0.4 is 9.62 Å². The number of rotatable bonds is 5. The number of carboxylic acid groups (broad SMARTS) is 1. The summed E-state index contributed by atoms with van der Waals surface area (Å²) in [6, 6.07) is 6.30. The third kappa shape index (κ3) is 3.97. The first-order valence-electron chi connectivity index (χ1n) is 8.38. The number of fused-ring (bicyclic) bond motifs is 1. The van der Waals surface area contributed by atoms with Gasteiger partial charge < -0.3 is 14.8 Å². The molecule has 144 valence electrons. The topological polar surface area (TPSA) is 117 Å². The van der Waals surface area contributed by atoms with Gasteiger partial charge in [-0.05, 0) is 49.6 Å². The fraction of sp³-hybridized carbons (Fsp3) is 0.333. The van der Waals surface area contributed by atoms with Crippen LogP contribution >= 0.6 is 0 Å². The minimum atomic E-state index is -3.36. The number of carboxylic acids is 1. The molecule has 1 aliphatic heterocycles. The third-order valence-corrected chi connectivity index (χ3v) is 5.62. The summed E-state index contributed by atoms with van der Waals surface area (Å²) in [5.41, 5.74) is 1.88. The number of benzene rings is 1. The summed E-state index contributed by atoms with van der Waals surface area (Å²) >= 11 is 0. The standard InChI is InChI=1S/C18H20N2O6S/c1-11-15(18(22)23)9-14(26-11)10-19-17(21)13-5-6-16-12(8-13)4-3-7-20(16)27(2,24)25/h5-6,8-9H,3-4,7,10H2,1-2H3,(H,19,21)(H,22,23). The van der Waals surface area contributed by atoms with Gasteiger partial charge in [0, 0.05) is 12.1 Å². The van der Waals surface area contributed by atoms with Gasteiger partial charge in [-0.15, -0.1) is 0 Å². The van der Waals surface area contributed by atoms with Crippen LogP contribution in [0.15, 0.2) is 28.7 Å². The summed E-state index contributed by atoms with van der Waals surface area (Å²) in [4.78, 5) is 23.4. The number of carbonyl (C=O) groups is 2. The highest BCUT2D eigenvalue weighted by Gasteiger charge is 2.24. The van der Waals surface area contributed by atoms with Crippen LogP contribution in [0.2, 0.25) is 0 Å². The molecule has 0 aliphatic carbocycles. The number of amides is 1. The number of aromatic carboxylic acids is 1. The molecule has 0 saturated heterocycles. The van der Waals surface area contributed by atoms with Crippen LogP contribution in [0.1, 0.15) is 44.2 Å². The van der Waals surface area contributed by atoms with Crippen LogP contribution in [-0.4, -0.2) is 38.2 Å². The van der Waals surface area contributed by atoms with Crippen molar-refractivity contribution in [1.82, 2.24) is 5.32 Å². The summed E-state index contributed by atoms with van der Waals surface area (Å²) < 4.78 is 30.5. The number of carbonyl (C=O) groups excluding carboxylic acids is 1. The fourth-order valence-corrected chi connectivity index (χ4v) is 4.16. The molecule has 9 heteroatoms. The number of furan rings is 1. The lowest BCUT2D eigenvalue weighted by Crippen LogP contribution is -2.34. The van der Waals surface area contributed by atoms with E-state index in [0.717, 1.165) is 5.56 Å². The highest BCUT2D eigenvalue weighted by molar-refractivity contribution is 7.92. The average Bonchev–Trinajstić information content (AvgIpc) is 2.99. The van der Waals surface area contributed by atoms with Gasteiger partial charge in [0.1, 0.15) is 17.1 Å². The third-order valence-electron chi connectivity index (χ3n) is 4.44. The zero-order valence-corrected chi connectivity index (χ0v) is 15.8. The molecule has 0 saturated carbocycles. The van der Waals surface area contributed by atoms with Gasteiger partial charge in [0.15, 0.2) is 0 Å². The van der Waals surface area contributed by atoms with Crippen LogP contribution in [-0.2, 0) is 23.0 Å². The Hall–Kier alpha value is -2.81. The quantitative estimate of drug-likeness (QED) is 0.803. The van der Waals surface area contributed by atoms with Gasteiger partial charge in [-0.2, -0.15) is 0 Å². The molecule has 0 radical (unpaired) electrons. The second kappa shape index (κ2) is 7.07. The van der Waals surface area contributed by atoms with E-state index in [1.54, 1.807) is 25.1 Å². The fourth-order valence-electron chi connectivity index (χ4n) is 3.16. The number of nitrogens with zero attached hydrogens (tertiary/aromatic N) is 1. The maximum atomic E-state index is 12.4. The van der Waals surface area contributed by atoms with E-state index in [2.05, 4.69) is 5.32 Å². The van der Waals surface area contributed by atoms with E-state index in [-0.39, 0.29) is 23.8 Å². The Kier molecular flexibility index (Phi) is 4.97. The second-order valence-corrected chi connectivity index (χ2v) is 8.36. The highest BCUT2D eigenvalue weighted by atomic mass is 32.2. The molecule has 1 aliphatic rings. The molecule has 27 heavy (non-hydrogen) atoms. The molecular formula is C18H20N2O6S. The maximum Gasteiger partial charge on any atom is 0.339 e. The molecule has 2 aromatic rings. The van der Waals surface area contributed by atoms with Crippen molar-refractivity contribution in [3.8, 4) is 0 Å². The van der Waals surface area contributed by atoms with Crippen LogP contribution in [0.3, 0.4) is 0 Å². The smallest absolute Gasteiger partial charge is 0.339 e. The van der Waals surface area contributed by atoms with E-state index in [1.807, 2.05) is 0 Å². The van der Waals surface area contributed by atoms with Crippen LogP contribution in [0.5, 0.6) is 0 Å². The minimum Gasteiger partial charge on any atom is -0.478 e.